The van der Waals surface area contributed by atoms with Gasteiger partial charge in [-0.05, 0) is 92.1 Å². The summed E-state index contributed by atoms with van der Waals surface area (Å²) in [5.41, 5.74) is 5.60. The molecule has 44 heavy (non-hydrogen) atoms. The zero-order valence-electron chi connectivity index (χ0n) is 24.5. The van der Waals surface area contributed by atoms with Gasteiger partial charge in [-0.1, -0.05) is 23.7 Å². The van der Waals surface area contributed by atoms with E-state index < -0.39 is 0 Å². The third kappa shape index (κ3) is 6.08. The molecule has 3 N–H and O–H groups in total. The number of anilines is 3. The summed E-state index contributed by atoms with van der Waals surface area (Å²) in [6.45, 7) is 5.83. The molecule has 0 bridgehead atoms. The smallest absolute Gasteiger partial charge is 0.260 e. The Kier molecular flexibility index (Phi) is 8.31. The second-order valence-electron chi connectivity index (χ2n) is 11.5. The van der Waals surface area contributed by atoms with Gasteiger partial charge in [0, 0.05) is 81.5 Å². The fourth-order valence-electron chi connectivity index (χ4n) is 6.04. The van der Waals surface area contributed by atoms with Crippen molar-refractivity contribution >= 4 is 51.5 Å². The van der Waals surface area contributed by atoms with Gasteiger partial charge in [-0.3, -0.25) is 9.36 Å². The fraction of sp³-hybridized carbons (Fsp3) is 0.333. The van der Waals surface area contributed by atoms with Crippen LogP contribution in [0.25, 0.3) is 22.2 Å². The Morgan fingerprint density at radius 2 is 1.86 bits per heavy atom. The number of hydrogen-bond donors (Lipinski definition) is 3. The Bertz CT molecular complexity index is 1840. The summed E-state index contributed by atoms with van der Waals surface area (Å²) >= 11 is 8.18. The first-order chi connectivity index (χ1) is 21.5. The summed E-state index contributed by atoms with van der Waals surface area (Å²) in [5, 5.41) is 11.6. The van der Waals surface area contributed by atoms with E-state index in [4.69, 9.17) is 21.3 Å². The van der Waals surface area contributed by atoms with E-state index in [1.54, 1.807) is 10.8 Å². The quantitative estimate of drug-likeness (QED) is 0.183. The minimum Gasteiger partial charge on any atom is -0.381 e. The standard InChI is InChI=1S/C33H34ClN7O2S/c1-20-2-7-27(29(34)14-20)28-15-22-16-36-33(39-25-5-3-24(4-6-25)38-26-8-11-35-18-26)40-31(22)41(32(28)42)19-23-17-37-44-30(23)21-9-12-43-13-10-21/h2-7,14-17,21,26,35,38H,8-13,18-19H2,1H3,(H,36,39,40). The lowest BCUT2D eigenvalue weighted by atomic mass is 9.96. The first kappa shape index (κ1) is 28.9. The number of benzene rings is 2. The van der Waals surface area contributed by atoms with E-state index in [0.717, 1.165) is 73.5 Å². The molecule has 1 unspecified atom stereocenters. The van der Waals surface area contributed by atoms with Crippen molar-refractivity contribution in [3.63, 3.8) is 0 Å². The van der Waals surface area contributed by atoms with Crippen LogP contribution >= 0.6 is 23.1 Å². The van der Waals surface area contributed by atoms with Crippen LogP contribution < -0.4 is 21.5 Å². The number of hydrogen-bond acceptors (Lipinski definition) is 9. The van der Waals surface area contributed by atoms with Crippen LogP contribution in [0, 0.1) is 6.92 Å². The van der Waals surface area contributed by atoms with Crippen molar-refractivity contribution < 1.29 is 4.74 Å². The summed E-state index contributed by atoms with van der Waals surface area (Å²) in [6.07, 6.45) is 6.66. The Balaban J connectivity index is 1.26. The molecule has 2 aliphatic rings. The first-order valence-corrected chi connectivity index (χ1v) is 16.2. The van der Waals surface area contributed by atoms with Gasteiger partial charge < -0.3 is 20.7 Å². The van der Waals surface area contributed by atoms with Crippen LogP contribution in [-0.2, 0) is 11.3 Å². The predicted molar refractivity (Wildman–Crippen MR) is 178 cm³/mol. The molecule has 3 aromatic heterocycles. The van der Waals surface area contributed by atoms with Crippen LogP contribution in [0.4, 0.5) is 17.3 Å². The predicted octanol–water partition coefficient (Wildman–Crippen LogP) is 6.34. The maximum absolute atomic E-state index is 14.3. The molecule has 2 aromatic carbocycles. The van der Waals surface area contributed by atoms with Gasteiger partial charge in [-0.15, -0.1) is 0 Å². The average molecular weight is 628 g/mol. The Hall–Kier alpha value is -3.83. The summed E-state index contributed by atoms with van der Waals surface area (Å²) in [6, 6.07) is 16.2. The highest BCUT2D eigenvalue weighted by Crippen LogP contribution is 2.34. The summed E-state index contributed by atoms with van der Waals surface area (Å²) in [5.74, 6) is 0.790. The molecule has 11 heteroatoms. The Labute approximate surface area is 264 Å². The molecule has 9 nitrogen and oxygen atoms in total. The van der Waals surface area contributed by atoms with Crippen molar-refractivity contribution in [1.29, 1.82) is 0 Å². The van der Waals surface area contributed by atoms with Crippen LogP contribution in [0.15, 0.2) is 65.7 Å². The molecular formula is C33H34ClN7O2S. The lowest BCUT2D eigenvalue weighted by Gasteiger charge is -2.22. The molecule has 2 fully saturated rings. The van der Waals surface area contributed by atoms with E-state index in [1.165, 1.54) is 16.4 Å². The molecule has 0 radical (unpaired) electrons. The van der Waals surface area contributed by atoms with E-state index >= 15 is 0 Å². The average Bonchev–Trinajstić information content (AvgIpc) is 3.73. The molecule has 2 saturated heterocycles. The highest BCUT2D eigenvalue weighted by atomic mass is 35.5. The molecule has 226 valence electrons. The van der Waals surface area contributed by atoms with Crippen LogP contribution in [0.1, 0.15) is 41.2 Å². The Morgan fingerprint density at radius 3 is 2.64 bits per heavy atom. The van der Waals surface area contributed by atoms with Gasteiger partial charge in [0.15, 0.2) is 0 Å². The molecule has 0 spiro atoms. The van der Waals surface area contributed by atoms with Gasteiger partial charge in [0.05, 0.1) is 6.54 Å². The van der Waals surface area contributed by atoms with E-state index in [0.29, 0.717) is 46.2 Å². The van der Waals surface area contributed by atoms with Crippen LogP contribution in [0.2, 0.25) is 5.02 Å². The monoisotopic (exact) mass is 627 g/mol. The van der Waals surface area contributed by atoms with Crippen LogP contribution in [0.5, 0.6) is 0 Å². The molecule has 7 rings (SSSR count). The van der Waals surface area contributed by atoms with E-state index in [2.05, 4.69) is 37.4 Å². The summed E-state index contributed by atoms with van der Waals surface area (Å²) in [4.78, 5) is 25.0. The normalized spacial score (nSPS) is 17.3. The van der Waals surface area contributed by atoms with Crippen LogP contribution in [-0.4, -0.2) is 51.3 Å². The third-order valence-electron chi connectivity index (χ3n) is 8.41. The van der Waals surface area contributed by atoms with Gasteiger partial charge in [-0.2, -0.15) is 4.98 Å². The van der Waals surface area contributed by atoms with Crippen LogP contribution in [0.3, 0.4) is 0 Å². The minimum atomic E-state index is -0.158. The number of aromatic nitrogens is 4. The highest BCUT2D eigenvalue weighted by Gasteiger charge is 2.23. The second-order valence-corrected chi connectivity index (χ2v) is 12.8. The van der Waals surface area contributed by atoms with Gasteiger partial charge in [-0.25, -0.2) is 9.36 Å². The number of aryl methyl sites for hydroxylation is 1. The third-order valence-corrected chi connectivity index (χ3v) is 9.73. The van der Waals surface area contributed by atoms with Gasteiger partial charge >= 0.3 is 0 Å². The van der Waals surface area contributed by atoms with E-state index in [9.17, 15) is 4.79 Å². The topological polar surface area (TPSA) is 106 Å². The molecule has 0 aliphatic carbocycles. The molecule has 5 heterocycles. The number of ether oxygens (including phenoxy) is 1. The Morgan fingerprint density at radius 1 is 1.05 bits per heavy atom. The minimum absolute atomic E-state index is 0.158. The molecular weight excluding hydrogens is 594 g/mol. The SMILES string of the molecule is Cc1ccc(-c2cc3cnc(Nc4ccc(NC5CCNC5)cc4)nc3n(Cc3cnsc3C3CCOCC3)c2=O)c(Cl)c1. The lowest BCUT2D eigenvalue weighted by molar-refractivity contribution is 0.0858. The molecule has 1 atom stereocenters. The number of pyridine rings is 1. The van der Waals surface area contributed by atoms with E-state index in [-0.39, 0.29) is 5.56 Å². The number of fused-ring (bicyclic) bond motifs is 1. The van der Waals surface area contributed by atoms with Crippen molar-refractivity contribution in [3.8, 4) is 11.1 Å². The number of nitrogens with one attached hydrogen (secondary N) is 3. The molecule has 5 aromatic rings. The summed E-state index contributed by atoms with van der Waals surface area (Å²) in [7, 11) is 0. The zero-order valence-corrected chi connectivity index (χ0v) is 26.0. The highest BCUT2D eigenvalue weighted by molar-refractivity contribution is 7.06. The lowest BCUT2D eigenvalue weighted by Crippen LogP contribution is -2.24. The van der Waals surface area contributed by atoms with Crippen molar-refractivity contribution in [1.82, 2.24) is 24.2 Å². The number of nitrogens with zero attached hydrogens (tertiary/aromatic N) is 4. The molecule has 0 saturated carbocycles. The molecule has 0 amide bonds. The van der Waals surface area contributed by atoms with Crippen molar-refractivity contribution in [3.05, 3.63) is 92.3 Å². The van der Waals surface area contributed by atoms with Crippen molar-refractivity contribution in [2.75, 3.05) is 36.9 Å². The second kappa shape index (κ2) is 12.6. The zero-order chi connectivity index (χ0) is 30.0. The molecule has 2 aliphatic heterocycles. The largest absolute Gasteiger partial charge is 0.381 e. The van der Waals surface area contributed by atoms with Crippen molar-refractivity contribution in [2.24, 2.45) is 0 Å². The first-order valence-electron chi connectivity index (χ1n) is 15.0. The number of halogens is 1. The maximum atomic E-state index is 14.3. The maximum Gasteiger partial charge on any atom is 0.260 e. The van der Waals surface area contributed by atoms with Gasteiger partial charge in [0.1, 0.15) is 5.65 Å². The summed E-state index contributed by atoms with van der Waals surface area (Å²) < 4.78 is 11.9. The van der Waals surface area contributed by atoms with Crippen molar-refractivity contribution in [2.45, 2.75) is 44.7 Å². The van der Waals surface area contributed by atoms with Gasteiger partial charge in [0.25, 0.3) is 5.56 Å². The number of rotatable bonds is 8. The van der Waals surface area contributed by atoms with Gasteiger partial charge in [0.2, 0.25) is 5.95 Å². The van der Waals surface area contributed by atoms with E-state index in [1.807, 2.05) is 49.5 Å². The fourth-order valence-corrected chi connectivity index (χ4v) is 7.29.